The number of hydrogen-bond acceptors (Lipinski definition) is 7. The van der Waals surface area contributed by atoms with Crippen LogP contribution in [0.4, 0.5) is 5.69 Å². The molecule has 1 N–H and O–H groups in total. The van der Waals surface area contributed by atoms with Crippen molar-refractivity contribution in [1.82, 2.24) is 14.8 Å². The normalized spacial score (nSPS) is 10.5. The maximum absolute atomic E-state index is 12.4. The van der Waals surface area contributed by atoms with Crippen molar-refractivity contribution < 1.29 is 18.7 Å². The molecule has 3 aromatic rings. The van der Waals surface area contributed by atoms with Gasteiger partial charge < -0.3 is 19.2 Å². The quantitative estimate of drug-likeness (QED) is 0.434. The number of carbonyl (C=O) groups excluding carboxylic acids is 1. The van der Waals surface area contributed by atoms with E-state index in [0.717, 1.165) is 0 Å². The molecule has 0 unspecified atom stereocenters. The van der Waals surface area contributed by atoms with Crippen molar-refractivity contribution in [1.29, 1.82) is 0 Å². The minimum atomic E-state index is -0.193. The third kappa shape index (κ3) is 4.37. The topological polar surface area (TPSA) is 91.4 Å². The lowest BCUT2D eigenvalue weighted by Gasteiger charge is -2.11. The lowest BCUT2D eigenvalue weighted by molar-refractivity contribution is -0.113. The standard InChI is InChI=1S/C19H20N4O4S/c1-4-9-23-18(15-6-5-10-27-15)21-22-19(23)28-12-17(24)20-14-8-7-13(25-2)11-16(14)26-3/h4-8,10-11H,1,9,12H2,2-3H3,(H,20,24). The highest BCUT2D eigenvalue weighted by Gasteiger charge is 2.17. The Hall–Kier alpha value is -3.20. The van der Waals surface area contributed by atoms with Gasteiger partial charge in [0.15, 0.2) is 10.9 Å². The zero-order valence-corrected chi connectivity index (χ0v) is 16.4. The predicted octanol–water partition coefficient (Wildman–Crippen LogP) is 3.47. The second-order valence-electron chi connectivity index (χ2n) is 5.59. The van der Waals surface area contributed by atoms with Crippen LogP contribution >= 0.6 is 11.8 Å². The molecule has 0 aliphatic carbocycles. The van der Waals surface area contributed by atoms with Gasteiger partial charge in [-0.15, -0.1) is 16.8 Å². The van der Waals surface area contributed by atoms with Gasteiger partial charge in [-0.25, -0.2) is 0 Å². The van der Waals surface area contributed by atoms with E-state index in [1.807, 2.05) is 4.57 Å². The predicted molar refractivity (Wildman–Crippen MR) is 107 cm³/mol. The van der Waals surface area contributed by atoms with E-state index in [1.165, 1.54) is 18.9 Å². The Morgan fingerprint density at radius 1 is 1.32 bits per heavy atom. The molecule has 0 aliphatic heterocycles. The average molecular weight is 400 g/mol. The molecular weight excluding hydrogens is 380 g/mol. The molecule has 0 fully saturated rings. The van der Waals surface area contributed by atoms with Gasteiger partial charge in [0.1, 0.15) is 11.5 Å². The van der Waals surface area contributed by atoms with Gasteiger partial charge in [0.2, 0.25) is 11.7 Å². The van der Waals surface area contributed by atoms with E-state index in [0.29, 0.717) is 40.5 Å². The first-order valence-corrected chi connectivity index (χ1v) is 9.37. The minimum Gasteiger partial charge on any atom is -0.497 e. The monoisotopic (exact) mass is 400 g/mol. The van der Waals surface area contributed by atoms with Gasteiger partial charge in [-0.2, -0.15) is 0 Å². The molecule has 146 valence electrons. The SMILES string of the molecule is C=CCn1c(SCC(=O)Nc2ccc(OC)cc2OC)nnc1-c1ccco1. The average Bonchev–Trinajstić information content (AvgIpc) is 3.37. The van der Waals surface area contributed by atoms with Crippen LogP contribution in [-0.4, -0.2) is 40.6 Å². The molecule has 1 amide bonds. The van der Waals surface area contributed by atoms with Crippen LogP contribution in [0.1, 0.15) is 0 Å². The molecule has 0 radical (unpaired) electrons. The molecule has 28 heavy (non-hydrogen) atoms. The van der Waals surface area contributed by atoms with Gasteiger partial charge in [-0.05, 0) is 24.3 Å². The Morgan fingerprint density at radius 3 is 2.86 bits per heavy atom. The molecule has 9 heteroatoms. The van der Waals surface area contributed by atoms with Crippen LogP contribution < -0.4 is 14.8 Å². The van der Waals surface area contributed by atoms with E-state index in [4.69, 9.17) is 13.9 Å². The molecule has 0 saturated heterocycles. The molecule has 0 saturated carbocycles. The second-order valence-corrected chi connectivity index (χ2v) is 6.53. The summed E-state index contributed by atoms with van der Waals surface area (Å²) in [6.45, 7) is 4.26. The number of amides is 1. The third-order valence-corrected chi connectivity index (χ3v) is 4.75. The largest absolute Gasteiger partial charge is 0.497 e. The summed E-state index contributed by atoms with van der Waals surface area (Å²) < 4.78 is 17.7. The number of thioether (sulfide) groups is 1. The first-order chi connectivity index (χ1) is 13.7. The molecule has 0 aliphatic rings. The number of methoxy groups -OCH3 is 2. The zero-order chi connectivity index (χ0) is 19.9. The second kappa shape index (κ2) is 9.14. The van der Waals surface area contributed by atoms with Crippen molar-refractivity contribution in [2.24, 2.45) is 0 Å². The van der Waals surface area contributed by atoms with E-state index in [9.17, 15) is 4.79 Å². The Bertz CT molecular complexity index is 953. The number of rotatable bonds is 9. The van der Waals surface area contributed by atoms with Crippen LogP contribution in [0.25, 0.3) is 11.6 Å². The van der Waals surface area contributed by atoms with E-state index < -0.39 is 0 Å². The fraction of sp³-hybridized carbons (Fsp3) is 0.211. The van der Waals surface area contributed by atoms with Gasteiger partial charge in [0, 0.05) is 12.6 Å². The molecule has 2 heterocycles. The van der Waals surface area contributed by atoms with E-state index in [2.05, 4.69) is 22.1 Å². The number of carbonyl (C=O) groups is 1. The number of allylic oxidation sites excluding steroid dienone is 1. The molecule has 3 rings (SSSR count). The van der Waals surface area contributed by atoms with Gasteiger partial charge >= 0.3 is 0 Å². The van der Waals surface area contributed by atoms with Gasteiger partial charge in [-0.1, -0.05) is 17.8 Å². The number of nitrogens with zero attached hydrogens (tertiary/aromatic N) is 3. The molecule has 2 aromatic heterocycles. The Morgan fingerprint density at radius 2 is 2.18 bits per heavy atom. The molecule has 0 bridgehead atoms. The summed E-state index contributed by atoms with van der Waals surface area (Å²) in [7, 11) is 3.10. The van der Waals surface area contributed by atoms with Gasteiger partial charge in [0.25, 0.3) is 0 Å². The number of nitrogens with one attached hydrogen (secondary N) is 1. The number of anilines is 1. The number of ether oxygens (including phenoxy) is 2. The van der Waals surface area contributed by atoms with Crippen LogP contribution in [0.3, 0.4) is 0 Å². The Balaban J connectivity index is 1.69. The maximum Gasteiger partial charge on any atom is 0.234 e. The zero-order valence-electron chi connectivity index (χ0n) is 15.5. The number of furan rings is 1. The highest BCUT2D eigenvalue weighted by molar-refractivity contribution is 7.99. The molecular formula is C19H20N4O4S. The summed E-state index contributed by atoms with van der Waals surface area (Å²) in [5.74, 6) is 2.32. The summed E-state index contributed by atoms with van der Waals surface area (Å²) in [6, 6.07) is 8.78. The Kier molecular flexibility index (Phi) is 6.38. The van der Waals surface area contributed by atoms with Crippen LogP contribution in [0.2, 0.25) is 0 Å². The van der Waals surface area contributed by atoms with Crippen molar-refractivity contribution in [3.8, 4) is 23.1 Å². The highest BCUT2D eigenvalue weighted by atomic mass is 32.2. The van der Waals surface area contributed by atoms with Gasteiger partial charge in [-0.3, -0.25) is 9.36 Å². The number of hydrogen-bond donors (Lipinski definition) is 1. The highest BCUT2D eigenvalue weighted by Crippen LogP contribution is 2.29. The summed E-state index contributed by atoms with van der Waals surface area (Å²) in [4.78, 5) is 12.4. The van der Waals surface area contributed by atoms with Crippen LogP contribution in [0, 0.1) is 0 Å². The molecule has 0 spiro atoms. The summed E-state index contributed by atoms with van der Waals surface area (Å²) in [6.07, 6.45) is 3.31. The van der Waals surface area contributed by atoms with E-state index >= 15 is 0 Å². The molecule has 1 aromatic carbocycles. The summed E-state index contributed by atoms with van der Waals surface area (Å²) in [5, 5.41) is 11.8. The molecule has 0 atom stereocenters. The first kappa shape index (κ1) is 19.6. The lowest BCUT2D eigenvalue weighted by atomic mass is 10.2. The van der Waals surface area contributed by atoms with Crippen LogP contribution in [-0.2, 0) is 11.3 Å². The van der Waals surface area contributed by atoms with Crippen LogP contribution in [0.15, 0.2) is 58.8 Å². The fourth-order valence-electron chi connectivity index (χ4n) is 2.50. The third-order valence-electron chi connectivity index (χ3n) is 3.79. The van der Waals surface area contributed by atoms with Crippen molar-refractivity contribution in [2.75, 3.05) is 25.3 Å². The van der Waals surface area contributed by atoms with Crippen LogP contribution in [0.5, 0.6) is 11.5 Å². The van der Waals surface area contributed by atoms with Crippen molar-refractivity contribution >= 4 is 23.4 Å². The fourth-order valence-corrected chi connectivity index (χ4v) is 3.24. The van der Waals surface area contributed by atoms with E-state index in [1.54, 1.807) is 49.8 Å². The molecule has 8 nitrogen and oxygen atoms in total. The summed E-state index contributed by atoms with van der Waals surface area (Å²) >= 11 is 1.28. The smallest absolute Gasteiger partial charge is 0.234 e. The Labute approximate surface area is 166 Å². The van der Waals surface area contributed by atoms with Crippen molar-refractivity contribution in [2.45, 2.75) is 11.7 Å². The van der Waals surface area contributed by atoms with Crippen molar-refractivity contribution in [3.63, 3.8) is 0 Å². The van der Waals surface area contributed by atoms with Gasteiger partial charge in [0.05, 0.1) is 31.9 Å². The number of aromatic nitrogens is 3. The number of benzene rings is 1. The van der Waals surface area contributed by atoms with Crippen molar-refractivity contribution in [3.05, 3.63) is 49.2 Å². The van der Waals surface area contributed by atoms with E-state index in [-0.39, 0.29) is 11.7 Å². The first-order valence-electron chi connectivity index (χ1n) is 8.39. The summed E-state index contributed by atoms with van der Waals surface area (Å²) in [5.41, 5.74) is 0.567. The minimum absolute atomic E-state index is 0.155. The maximum atomic E-state index is 12.4. The lowest BCUT2D eigenvalue weighted by Crippen LogP contribution is -2.15.